The van der Waals surface area contributed by atoms with Gasteiger partial charge in [0, 0.05) is 36.5 Å². The minimum Gasteiger partial charge on any atom is -0.508 e. The number of phenols is 2. The minimum absolute atomic E-state index is 0.00566. The van der Waals surface area contributed by atoms with Gasteiger partial charge >= 0.3 is 6.03 Å². The highest BCUT2D eigenvalue weighted by atomic mass is 16.3. The van der Waals surface area contributed by atoms with Crippen molar-refractivity contribution in [2.45, 2.75) is 26.4 Å². The lowest BCUT2D eigenvalue weighted by atomic mass is 10.2. The van der Waals surface area contributed by atoms with E-state index in [0.29, 0.717) is 12.2 Å². The summed E-state index contributed by atoms with van der Waals surface area (Å²) in [6.07, 6.45) is 0. The van der Waals surface area contributed by atoms with Crippen LogP contribution in [0.15, 0.2) is 48.5 Å². The lowest BCUT2D eigenvalue weighted by molar-refractivity contribution is 0.193. The van der Waals surface area contributed by atoms with E-state index in [2.05, 4.69) is 5.32 Å². The summed E-state index contributed by atoms with van der Waals surface area (Å²) >= 11 is 0. The Kier molecular flexibility index (Phi) is 4.88. The van der Waals surface area contributed by atoms with E-state index in [0.717, 1.165) is 5.56 Å². The summed E-state index contributed by atoms with van der Waals surface area (Å²) < 4.78 is 0. The highest BCUT2D eigenvalue weighted by Crippen LogP contribution is 2.24. The number of hydrogen-bond acceptors (Lipinski definition) is 3. The van der Waals surface area contributed by atoms with E-state index in [1.54, 1.807) is 4.90 Å². The molecule has 2 aromatic rings. The van der Waals surface area contributed by atoms with Gasteiger partial charge in [-0.15, -0.1) is 0 Å². The van der Waals surface area contributed by atoms with E-state index in [9.17, 15) is 15.0 Å². The van der Waals surface area contributed by atoms with Gasteiger partial charge in [-0.2, -0.15) is 0 Å². The van der Waals surface area contributed by atoms with Gasteiger partial charge in [-0.25, -0.2) is 4.79 Å². The summed E-state index contributed by atoms with van der Waals surface area (Å²) in [7, 11) is 0. The van der Waals surface area contributed by atoms with Gasteiger partial charge in [0.1, 0.15) is 11.5 Å². The second-order valence-corrected chi connectivity index (χ2v) is 5.38. The third kappa shape index (κ3) is 4.15. The first-order chi connectivity index (χ1) is 10.5. The number of urea groups is 1. The summed E-state index contributed by atoms with van der Waals surface area (Å²) in [5.41, 5.74) is 1.38. The molecule has 0 bridgehead atoms. The number of benzene rings is 2. The second kappa shape index (κ2) is 6.85. The molecule has 0 saturated carbocycles. The predicted octanol–water partition coefficient (Wildman–Crippen LogP) is 3.54. The molecule has 0 saturated heterocycles. The van der Waals surface area contributed by atoms with Crippen LogP contribution in [-0.2, 0) is 6.54 Å². The molecule has 0 aliphatic heterocycles. The lowest BCUT2D eigenvalue weighted by Crippen LogP contribution is -2.39. The van der Waals surface area contributed by atoms with Crippen LogP contribution in [0.4, 0.5) is 10.5 Å². The summed E-state index contributed by atoms with van der Waals surface area (Å²) in [5, 5.41) is 21.6. The van der Waals surface area contributed by atoms with Gasteiger partial charge in [0.25, 0.3) is 0 Å². The highest BCUT2D eigenvalue weighted by molar-refractivity contribution is 5.90. The number of rotatable bonds is 4. The van der Waals surface area contributed by atoms with Crippen LogP contribution >= 0.6 is 0 Å². The standard InChI is InChI=1S/C17H20N2O3/c1-12(2)19(11-13-6-4-3-5-7-13)17(22)18-14-8-15(20)10-16(21)9-14/h3-10,12,20-21H,11H2,1-2H3,(H,18,22). The number of anilines is 1. The maximum absolute atomic E-state index is 12.4. The molecule has 0 aliphatic rings. The Morgan fingerprint density at radius 2 is 1.68 bits per heavy atom. The van der Waals surface area contributed by atoms with Crippen LogP contribution in [0.1, 0.15) is 19.4 Å². The van der Waals surface area contributed by atoms with Crippen LogP contribution in [0.5, 0.6) is 11.5 Å². The van der Waals surface area contributed by atoms with Crippen molar-refractivity contribution in [1.29, 1.82) is 0 Å². The average Bonchev–Trinajstić information content (AvgIpc) is 2.44. The molecular weight excluding hydrogens is 280 g/mol. The Bertz CT molecular complexity index is 621. The molecule has 2 amide bonds. The fourth-order valence-corrected chi connectivity index (χ4v) is 2.13. The van der Waals surface area contributed by atoms with Crippen molar-refractivity contribution in [3.05, 3.63) is 54.1 Å². The van der Waals surface area contributed by atoms with E-state index in [-0.39, 0.29) is 23.6 Å². The first-order valence-electron chi connectivity index (χ1n) is 7.10. The van der Waals surface area contributed by atoms with Crippen LogP contribution in [0, 0.1) is 0 Å². The summed E-state index contributed by atoms with van der Waals surface area (Å²) in [6, 6.07) is 13.4. The Hall–Kier alpha value is -2.69. The van der Waals surface area contributed by atoms with Crippen LogP contribution in [-0.4, -0.2) is 27.2 Å². The van der Waals surface area contributed by atoms with Crippen molar-refractivity contribution < 1.29 is 15.0 Å². The number of nitrogens with one attached hydrogen (secondary N) is 1. The zero-order valence-corrected chi connectivity index (χ0v) is 12.7. The number of amides is 2. The van der Waals surface area contributed by atoms with E-state index in [4.69, 9.17) is 0 Å². The van der Waals surface area contributed by atoms with Gasteiger partial charge in [-0.05, 0) is 19.4 Å². The molecular formula is C17H20N2O3. The molecule has 0 aromatic heterocycles. The number of carbonyl (C=O) groups excluding carboxylic acids is 1. The molecule has 116 valence electrons. The molecule has 5 nitrogen and oxygen atoms in total. The zero-order valence-electron chi connectivity index (χ0n) is 12.7. The summed E-state index contributed by atoms with van der Waals surface area (Å²) in [6.45, 7) is 4.35. The zero-order chi connectivity index (χ0) is 16.1. The first-order valence-corrected chi connectivity index (χ1v) is 7.10. The number of phenolic OH excluding ortho intramolecular Hbond substituents is 2. The number of aromatic hydroxyl groups is 2. The Morgan fingerprint density at radius 1 is 1.09 bits per heavy atom. The van der Waals surface area contributed by atoms with E-state index in [1.807, 2.05) is 44.2 Å². The van der Waals surface area contributed by atoms with Gasteiger partial charge in [-0.3, -0.25) is 0 Å². The molecule has 0 unspecified atom stereocenters. The largest absolute Gasteiger partial charge is 0.508 e. The maximum Gasteiger partial charge on any atom is 0.322 e. The fraction of sp³-hybridized carbons (Fsp3) is 0.235. The van der Waals surface area contributed by atoms with Gasteiger partial charge in [0.2, 0.25) is 0 Å². The quantitative estimate of drug-likeness (QED) is 0.808. The topological polar surface area (TPSA) is 72.8 Å². The Labute approximate surface area is 129 Å². The molecule has 3 N–H and O–H groups in total. The average molecular weight is 300 g/mol. The molecule has 22 heavy (non-hydrogen) atoms. The predicted molar refractivity (Wildman–Crippen MR) is 85.9 cm³/mol. The number of hydrogen-bond donors (Lipinski definition) is 3. The third-order valence-electron chi connectivity index (χ3n) is 3.23. The number of carbonyl (C=O) groups is 1. The molecule has 0 heterocycles. The SMILES string of the molecule is CC(C)N(Cc1ccccc1)C(=O)Nc1cc(O)cc(O)c1. The third-order valence-corrected chi connectivity index (χ3v) is 3.23. The van der Waals surface area contributed by atoms with E-state index in [1.165, 1.54) is 18.2 Å². The van der Waals surface area contributed by atoms with Crippen LogP contribution in [0.25, 0.3) is 0 Å². The normalized spacial score (nSPS) is 10.5. The van der Waals surface area contributed by atoms with E-state index >= 15 is 0 Å². The van der Waals surface area contributed by atoms with Gasteiger partial charge in [0.05, 0.1) is 0 Å². The molecule has 0 spiro atoms. The van der Waals surface area contributed by atoms with Gasteiger partial charge < -0.3 is 20.4 Å². The van der Waals surface area contributed by atoms with Crippen molar-refractivity contribution in [2.24, 2.45) is 0 Å². The minimum atomic E-state index is -0.288. The fourth-order valence-electron chi connectivity index (χ4n) is 2.13. The highest BCUT2D eigenvalue weighted by Gasteiger charge is 2.17. The van der Waals surface area contributed by atoms with Crippen LogP contribution < -0.4 is 5.32 Å². The van der Waals surface area contributed by atoms with Crippen LogP contribution in [0.2, 0.25) is 0 Å². The maximum atomic E-state index is 12.4. The first kappa shape index (κ1) is 15.7. The molecule has 5 heteroatoms. The lowest BCUT2D eigenvalue weighted by Gasteiger charge is -2.27. The number of nitrogens with zero attached hydrogens (tertiary/aromatic N) is 1. The molecule has 0 radical (unpaired) electrons. The van der Waals surface area contributed by atoms with Gasteiger partial charge in [-0.1, -0.05) is 30.3 Å². The molecule has 2 aromatic carbocycles. The molecule has 0 fully saturated rings. The van der Waals surface area contributed by atoms with Crippen molar-refractivity contribution >= 4 is 11.7 Å². The van der Waals surface area contributed by atoms with Crippen molar-refractivity contribution in [2.75, 3.05) is 5.32 Å². The van der Waals surface area contributed by atoms with Crippen molar-refractivity contribution in [3.63, 3.8) is 0 Å². The van der Waals surface area contributed by atoms with Crippen LogP contribution in [0.3, 0.4) is 0 Å². The second-order valence-electron chi connectivity index (χ2n) is 5.38. The molecule has 0 atom stereocenters. The van der Waals surface area contributed by atoms with Crippen molar-refractivity contribution in [3.8, 4) is 11.5 Å². The Morgan fingerprint density at radius 3 is 2.23 bits per heavy atom. The smallest absolute Gasteiger partial charge is 0.322 e. The monoisotopic (exact) mass is 300 g/mol. The Balaban J connectivity index is 2.13. The van der Waals surface area contributed by atoms with Crippen molar-refractivity contribution in [1.82, 2.24) is 4.90 Å². The molecule has 2 rings (SSSR count). The summed E-state index contributed by atoms with van der Waals surface area (Å²) in [5.74, 6) is -0.205. The molecule has 0 aliphatic carbocycles. The van der Waals surface area contributed by atoms with E-state index < -0.39 is 0 Å². The summed E-state index contributed by atoms with van der Waals surface area (Å²) in [4.78, 5) is 14.1. The van der Waals surface area contributed by atoms with Gasteiger partial charge in [0.15, 0.2) is 0 Å².